The van der Waals surface area contributed by atoms with Crippen molar-refractivity contribution < 1.29 is 0 Å². The molecule has 2 N–H and O–H groups in total. The number of rotatable bonds is 0. The lowest BCUT2D eigenvalue weighted by Gasteiger charge is -2.19. The summed E-state index contributed by atoms with van der Waals surface area (Å²) < 4.78 is 0. The van der Waals surface area contributed by atoms with E-state index in [4.69, 9.17) is 5.73 Å². The van der Waals surface area contributed by atoms with E-state index in [0.717, 1.165) is 5.92 Å². The Morgan fingerprint density at radius 2 is 1.70 bits per heavy atom. The molecule has 1 unspecified atom stereocenters. The van der Waals surface area contributed by atoms with Crippen molar-refractivity contribution in [3.8, 4) is 0 Å². The Bertz CT molecular complexity index is 78.7. The average Bonchev–Trinajstić information content (AvgIpc) is 1.90. The second-order valence-electron chi connectivity index (χ2n) is 3.73. The first-order chi connectivity index (χ1) is 4.79. The first-order valence-electron chi connectivity index (χ1n) is 4.54. The van der Waals surface area contributed by atoms with Gasteiger partial charge in [0.15, 0.2) is 0 Å². The fourth-order valence-electron chi connectivity index (χ4n) is 1.69. The van der Waals surface area contributed by atoms with Gasteiger partial charge in [0.1, 0.15) is 0 Å². The largest absolute Gasteiger partial charge is 0.328 e. The molecule has 0 aromatic heterocycles. The van der Waals surface area contributed by atoms with Gasteiger partial charge in [0.05, 0.1) is 0 Å². The van der Waals surface area contributed by atoms with E-state index in [2.05, 4.69) is 6.92 Å². The maximum Gasteiger partial charge on any atom is 0.00389 e. The molecule has 1 fully saturated rings. The molecule has 0 spiro atoms. The van der Waals surface area contributed by atoms with Crippen LogP contribution in [-0.2, 0) is 0 Å². The summed E-state index contributed by atoms with van der Waals surface area (Å²) in [6.45, 7) is 2.35. The fourth-order valence-corrected chi connectivity index (χ4v) is 1.69. The SMILES string of the molecule is CC1CCCC[C@H](N)CC1. The minimum absolute atomic E-state index is 0.503. The van der Waals surface area contributed by atoms with Crippen LogP contribution in [0.15, 0.2) is 0 Å². The minimum atomic E-state index is 0.503. The Morgan fingerprint density at radius 1 is 1.00 bits per heavy atom. The van der Waals surface area contributed by atoms with Crippen molar-refractivity contribution >= 4 is 0 Å². The van der Waals surface area contributed by atoms with Crippen molar-refractivity contribution in [3.05, 3.63) is 0 Å². The summed E-state index contributed by atoms with van der Waals surface area (Å²) in [7, 11) is 0. The topological polar surface area (TPSA) is 26.0 Å². The Balaban J connectivity index is 2.23. The summed E-state index contributed by atoms with van der Waals surface area (Å²) in [5.74, 6) is 0.923. The monoisotopic (exact) mass is 141 g/mol. The second-order valence-corrected chi connectivity index (χ2v) is 3.73. The van der Waals surface area contributed by atoms with Gasteiger partial charge in [0.2, 0.25) is 0 Å². The van der Waals surface area contributed by atoms with Crippen molar-refractivity contribution in [3.63, 3.8) is 0 Å². The van der Waals surface area contributed by atoms with E-state index in [0.29, 0.717) is 6.04 Å². The van der Waals surface area contributed by atoms with Crippen LogP contribution in [0.3, 0.4) is 0 Å². The number of hydrogen-bond acceptors (Lipinski definition) is 1. The molecule has 2 atom stereocenters. The quantitative estimate of drug-likeness (QED) is 0.550. The Hall–Kier alpha value is -0.0400. The molecule has 1 rings (SSSR count). The summed E-state index contributed by atoms with van der Waals surface area (Å²) in [5.41, 5.74) is 5.87. The van der Waals surface area contributed by atoms with Crippen LogP contribution in [0.5, 0.6) is 0 Å². The molecule has 0 aliphatic heterocycles. The van der Waals surface area contributed by atoms with Gasteiger partial charge in [0, 0.05) is 6.04 Å². The van der Waals surface area contributed by atoms with Gasteiger partial charge in [-0.15, -0.1) is 0 Å². The van der Waals surface area contributed by atoms with Crippen LogP contribution in [0.25, 0.3) is 0 Å². The molecule has 10 heavy (non-hydrogen) atoms. The van der Waals surface area contributed by atoms with Gasteiger partial charge in [0.25, 0.3) is 0 Å². The van der Waals surface area contributed by atoms with Crippen LogP contribution in [0, 0.1) is 5.92 Å². The van der Waals surface area contributed by atoms with Gasteiger partial charge in [-0.05, 0) is 25.2 Å². The third-order valence-electron chi connectivity index (χ3n) is 2.55. The molecule has 0 amide bonds. The standard InChI is InChI=1S/C9H19N/c1-8-4-2-3-5-9(10)7-6-8/h8-9H,2-7,10H2,1H3/t8?,9-/m0/s1. The van der Waals surface area contributed by atoms with Gasteiger partial charge in [-0.25, -0.2) is 0 Å². The van der Waals surface area contributed by atoms with Gasteiger partial charge in [-0.1, -0.05) is 26.2 Å². The van der Waals surface area contributed by atoms with E-state index in [-0.39, 0.29) is 0 Å². The number of hydrogen-bond donors (Lipinski definition) is 1. The lowest BCUT2D eigenvalue weighted by atomic mass is 9.90. The second kappa shape index (κ2) is 3.97. The Labute approximate surface area is 64.0 Å². The predicted octanol–water partition coefficient (Wildman–Crippen LogP) is 2.30. The average molecular weight is 141 g/mol. The number of nitrogens with two attached hydrogens (primary N) is 1. The van der Waals surface area contributed by atoms with Crippen molar-refractivity contribution in [1.82, 2.24) is 0 Å². The normalized spacial score (nSPS) is 36.6. The van der Waals surface area contributed by atoms with Crippen molar-refractivity contribution in [2.75, 3.05) is 0 Å². The first-order valence-corrected chi connectivity index (χ1v) is 4.54. The molecule has 1 nitrogen and oxygen atoms in total. The highest BCUT2D eigenvalue weighted by Crippen LogP contribution is 2.20. The molecular weight excluding hydrogens is 122 g/mol. The molecule has 0 radical (unpaired) electrons. The van der Waals surface area contributed by atoms with E-state index < -0.39 is 0 Å². The van der Waals surface area contributed by atoms with Crippen LogP contribution in [0.2, 0.25) is 0 Å². The maximum absolute atomic E-state index is 5.87. The van der Waals surface area contributed by atoms with Crippen molar-refractivity contribution in [1.29, 1.82) is 0 Å². The Kier molecular flexibility index (Phi) is 3.20. The third-order valence-corrected chi connectivity index (χ3v) is 2.55. The van der Waals surface area contributed by atoms with Crippen LogP contribution >= 0.6 is 0 Å². The lowest BCUT2D eigenvalue weighted by Crippen LogP contribution is -2.22. The zero-order valence-electron chi connectivity index (χ0n) is 6.97. The fraction of sp³-hybridized carbons (Fsp3) is 1.00. The lowest BCUT2D eigenvalue weighted by molar-refractivity contribution is 0.376. The first kappa shape index (κ1) is 8.06. The summed E-state index contributed by atoms with van der Waals surface area (Å²) in [5, 5.41) is 0. The van der Waals surface area contributed by atoms with Gasteiger partial charge in [-0.3, -0.25) is 0 Å². The highest BCUT2D eigenvalue weighted by molar-refractivity contribution is 4.67. The molecular formula is C9H19N. The maximum atomic E-state index is 5.87. The zero-order valence-corrected chi connectivity index (χ0v) is 6.97. The summed E-state index contributed by atoms with van der Waals surface area (Å²) in [4.78, 5) is 0. The predicted molar refractivity (Wildman–Crippen MR) is 44.8 cm³/mol. The smallest absolute Gasteiger partial charge is 0.00389 e. The van der Waals surface area contributed by atoms with E-state index >= 15 is 0 Å². The Morgan fingerprint density at radius 3 is 2.50 bits per heavy atom. The molecule has 0 aromatic rings. The van der Waals surface area contributed by atoms with Crippen LogP contribution < -0.4 is 5.73 Å². The van der Waals surface area contributed by atoms with E-state index in [1.165, 1.54) is 38.5 Å². The highest BCUT2D eigenvalue weighted by Gasteiger charge is 2.10. The molecule has 0 saturated heterocycles. The molecule has 1 aliphatic carbocycles. The summed E-state index contributed by atoms with van der Waals surface area (Å²) in [6, 6.07) is 0.503. The van der Waals surface area contributed by atoms with Crippen LogP contribution in [0.4, 0.5) is 0 Å². The molecule has 1 heteroatoms. The third kappa shape index (κ3) is 2.70. The molecule has 0 bridgehead atoms. The van der Waals surface area contributed by atoms with Crippen LogP contribution in [0.1, 0.15) is 45.4 Å². The van der Waals surface area contributed by atoms with Crippen LogP contribution in [-0.4, -0.2) is 6.04 Å². The van der Waals surface area contributed by atoms with E-state index in [1.54, 1.807) is 0 Å². The van der Waals surface area contributed by atoms with Gasteiger partial charge in [-0.2, -0.15) is 0 Å². The molecule has 0 heterocycles. The molecule has 1 saturated carbocycles. The molecule has 0 aromatic carbocycles. The van der Waals surface area contributed by atoms with E-state index in [9.17, 15) is 0 Å². The zero-order chi connectivity index (χ0) is 7.40. The van der Waals surface area contributed by atoms with Crippen molar-refractivity contribution in [2.24, 2.45) is 11.7 Å². The van der Waals surface area contributed by atoms with Crippen molar-refractivity contribution in [2.45, 2.75) is 51.5 Å². The van der Waals surface area contributed by atoms with Gasteiger partial charge < -0.3 is 5.73 Å². The minimum Gasteiger partial charge on any atom is -0.328 e. The van der Waals surface area contributed by atoms with E-state index in [1.807, 2.05) is 0 Å². The highest BCUT2D eigenvalue weighted by atomic mass is 14.6. The molecule has 1 aliphatic rings. The summed E-state index contributed by atoms with van der Waals surface area (Å²) in [6.07, 6.45) is 8.03. The molecule has 60 valence electrons. The summed E-state index contributed by atoms with van der Waals surface area (Å²) >= 11 is 0. The van der Waals surface area contributed by atoms with Gasteiger partial charge >= 0.3 is 0 Å².